The number of carbonyl (C=O) groups is 1. The van der Waals surface area contributed by atoms with Crippen LogP contribution in [0.4, 0.5) is 0 Å². The summed E-state index contributed by atoms with van der Waals surface area (Å²) in [5.74, 6) is 0. The van der Waals surface area contributed by atoms with Crippen LogP contribution in [0.1, 0.15) is 38.5 Å². The zero-order valence-corrected chi connectivity index (χ0v) is 9.07. The molecule has 1 saturated carbocycles. The predicted octanol–water partition coefficient (Wildman–Crippen LogP) is 3.84. The average Bonchev–Trinajstić information content (AvgIpc) is 2.16. The lowest BCUT2D eigenvalue weighted by molar-refractivity contribution is -0.117. The van der Waals surface area contributed by atoms with E-state index < -0.39 is 0 Å². The second-order valence-corrected chi connectivity index (χ2v) is 4.75. The van der Waals surface area contributed by atoms with Crippen molar-refractivity contribution in [1.82, 2.24) is 0 Å². The first-order chi connectivity index (χ1) is 6.18. The van der Waals surface area contributed by atoms with Crippen LogP contribution in [0.25, 0.3) is 0 Å². The molecule has 0 N–H and O–H groups in total. The van der Waals surface area contributed by atoms with E-state index in [0.29, 0.717) is 6.42 Å². The zero-order valence-electron chi connectivity index (χ0n) is 7.56. The number of rotatable bonds is 3. The quantitative estimate of drug-likeness (QED) is 0.661. The molecule has 0 heterocycles. The number of carbonyl (C=O) groups excluding carboxylic acids is 1. The highest BCUT2D eigenvalue weighted by Crippen LogP contribution is 2.38. The average molecular weight is 221 g/mol. The van der Waals surface area contributed by atoms with Gasteiger partial charge in [-0.2, -0.15) is 0 Å². The Bertz CT molecular complexity index is 201. The standard InChI is InChI=1S/C10H14Cl2O/c11-9(12)4-7-10(8-13)5-2-1-3-6-10/h4,8H,1-3,5-7H2. The van der Waals surface area contributed by atoms with E-state index in [1.807, 2.05) is 0 Å². The molecule has 0 unspecified atom stereocenters. The van der Waals surface area contributed by atoms with E-state index in [-0.39, 0.29) is 9.91 Å². The smallest absolute Gasteiger partial charge is 0.126 e. The summed E-state index contributed by atoms with van der Waals surface area (Å²) < 4.78 is 0.270. The Hall–Kier alpha value is -0.0100. The number of allylic oxidation sites excluding steroid dienone is 1. The van der Waals surface area contributed by atoms with E-state index in [1.165, 1.54) is 6.42 Å². The molecule has 74 valence electrons. The lowest BCUT2D eigenvalue weighted by atomic mass is 9.73. The van der Waals surface area contributed by atoms with E-state index in [2.05, 4.69) is 0 Å². The van der Waals surface area contributed by atoms with Crippen LogP contribution in [-0.4, -0.2) is 6.29 Å². The third-order valence-corrected chi connectivity index (χ3v) is 3.07. The van der Waals surface area contributed by atoms with Crippen LogP contribution in [0.2, 0.25) is 0 Å². The van der Waals surface area contributed by atoms with Gasteiger partial charge in [0.15, 0.2) is 0 Å². The Morgan fingerprint density at radius 2 is 1.85 bits per heavy atom. The molecule has 0 aromatic rings. The molecule has 1 fully saturated rings. The van der Waals surface area contributed by atoms with Crippen LogP contribution >= 0.6 is 23.2 Å². The van der Waals surface area contributed by atoms with Crippen molar-refractivity contribution < 1.29 is 4.79 Å². The Balaban J connectivity index is 2.57. The molecule has 1 nitrogen and oxygen atoms in total. The second-order valence-electron chi connectivity index (χ2n) is 3.74. The molecule has 0 bridgehead atoms. The topological polar surface area (TPSA) is 17.1 Å². The third kappa shape index (κ3) is 3.32. The summed E-state index contributed by atoms with van der Waals surface area (Å²) in [7, 11) is 0. The maximum absolute atomic E-state index is 11.0. The molecule has 3 heteroatoms. The third-order valence-electron chi connectivity index (χ3n) is 2.76. The van der Waals surface area contributed by atoms with E-state index >= 15 is 0 Å². The van der Waals surface area contributed by atoms with Gasteiger partial charge in [-0.1, -0.05) is 48.5 Å². The molecule has 13 heavy (non-hydrogen) atoms. The number of aldehydes is 1. The van der Waals surface area contributed by atoms with Crippen LogP contribution in [0.5, 0.6) is 0 Å². The maximum Gasteiger partial charge on any atom is 0.126 e. The van der Waals surface area contributed by atoms with Gasteiger partial charge in [-0.25, -0.2) is 0 Å². The van der Waals surface area contributed by atoms with Crippen molar-refractivity contribution in [3.05, 3.63) is 10.6 Å². The second kappa shape index (κ2) is 5.02. The Morgan fingerprint density at radius 3 is 2.31 bits per heavy atom. The molecule has 0 spiro atoms. The summed E-state index contributed by atoms with van der Waals surface area (Å²) in [5, 5.41) is 0. The summed E-state index contributed by atoms with van der Waals surface area (Å²) in [5.41, 5.74) is -0.173. The summed E-state index contributed by atoms with van der Waals surface area (Å²) in [4.78, 5) is 11.0. The molecule has 0 aliphatic heterocycles. The number of halogens is 2. The van der Waals surface area contributed by atoms with Crippen molar-refractivity contribution in [1.29, 1.82) is 0 Å². The minimum absolute atomic E-state index is 0.173. The number of hydrogen-bond acceptors (Lipinski definition) is 1. The zero-order chi connectivity index (χ0) is 9.73. The lowest BCUT2D eigenvalue weighted by Gasteiger charge is -2.30. The van der Waals surface area contributed by atoms with Crippen molar-refractivity contribution in [2.45, 2.75) is 38.5 Å². The molecule has 0 radical (unpaired) electrons. The van der Waals surface area contributed by atoms with Crippen LogP contribution in [0.3, 0.4) is 0 Å². The van der Waals surface area contributed by atoms with E-state index in [9.17, 15) is 4.79 Å². The van der Waals surface area contributed by atoms with Gasteiger partial charge < -0.3 is 4.79 Å². The first-order valence-corrected chi connectivity index (χ1v) is 5.42. The van der Waals surface area contributed by atoms with Gasteiger partial charge in [-0.05, 0) is 19.3 Å². The number of hydrogen-bond donors (Lipinski definition) is 0. The normalized spacial score (nSPS) is 20.8. The summed E-state index contributed by atoms with van der Waals surface area (Å²) >= 11 is 11.1. The fourth-order valence-electron chi connectivity index (χ4n) is 1.91. The van der Waals surface area contributed by atoms with Gasteiger partial charge in [-0.3, -0.25) is 0 Å². The largest absolute Gasteiger partial charge is 0.303 e. The van der Waals surface area contributed by atoms with Gasteiger partial charge in [0.2, 0.25) is 0 Å². The predicted molar refractivity (Wildman–Crippen MR) is 56.0 cm³/mol. The molecule has 0 aromatic carbocycles. The molecular weight excluding hydrogens is 207 g/mol. The van der Waals surface area contributed by atoms with Crippen LogP contribution in [0.15, 0.2) is 10.6 Å². The van der Waals surface area contributed by atoms with E-state index in [1.54, 1.807) is 6.08 Å². The van der Waals surface area contributed by atoms with E-state index in [4.69, 9.17) is 23.2 Å². The van der Waals surface area contributed by atoms with Gasteiger partial charge in [-0.15, -0.1) is 0 Å². The first-order valence-electron chi connectivity index (χ1n) is 4.66. The molecule has 0 aromatic heterocycles. The highest BCUT2D eigenvalue weighted by molar-refractivity contribution is 6.55. The lowest BCUT2D eigenvalue weighted by Crippen LogP contribution is -2.24. The highest BCUT2D eigenvalue weighted by Gasteiger charge is 2.30. The monoisotopic (exact) mass is 220 g/mol. The summed E-state index contributed by atoms with van der Waals surface area (Å²) in [6.45, 7) is 0. The molecule has 0 amide bonds. The maximum atomic E-state index is 11.0. The van der Waals surface area contributed by atoms with Crippen molar-refractivity contribution in [3.63, 3.8) is 0 Å². The fraction of sp³-hybridized carbons (Fsp3) is 0.700. The molecule has 1 rings (SSSR count). The van der Waals surface area contributed by atoms with Crippen molar-refractivity contribution >= 4 is 29.5 Å². The van der Waals surface area contributed by atoms with Gasteiger partial charge in [0, 0.05) is 5.41 Å². The summed E-state index contributed by atoms with van der Waals surface area (Å²) in [6.07, 6.45) is 9.01. The van der Waals surface area contributed by atoms with Gasteiger partial charge in [0.05, 0.1) is 0 Å². The van der Waals surface area contributed by atoms with Crippen molar-refractivity contribution in [3.8, 4) is 0 Å². The van der Waals surface area contributed by atoms with Crippen LogP contribution < -0.4 is 0 Å². The molecule has 0 saturated heterocycles. The molecule has 1 aliphatic rings. The van der Waals surface area contributed by atoms with E-state index in [0.717, 1.165) is 32.0 Å². The Kier molecular flexibility index (Phi) is 4.27. The highest BCUT2D eigenvalue weighted by atomic mass is 35.5. The van der Waals surface area contributed by atoms with Crippen molar-refractivity contribution in [2.75, 3.05) is 0 Å². The molecule has 0 atom stereocenters. The Labute approximate surface area is 89.1 Å². The first kappa shape index (κ1) is 11.1. The summed E-state index contributed by atoms with van der Waals surface area (Å²) in [6, 6.07) is 0. The van der Waals surface area contributed by atoms with Crippen molar-refractivity contribution in [2.24, 2.45) is 5.41 Å². The van der Waals surface area contributed by atoms with Gasteiger partial charge in [0.25, 0.3) is 0 Å². The van der Waals surface area contributed by atoms with Crippen LogP contribution in [-0.2, 0) is 4.79 Å². The minimum Gasteiger partial charge on any atom is -0.303 e. The Morgan fingerprint density at radius 1 is 1.23 bits per heavy atom. The molecule has 1 aliphatic carbocycles. The van der Waals surface area contributed by atoms with Gasteiger partial charge in [0.1, 0.15) is 10.8 Å². The van der Waals surface area contributed by atoms with Crippen LogP contribution in [0, 0.1) is 5.41 Å². The van der Waals surface area contributed by atoms with Gasteiger partial charge >= 0.3 is 0 Å². The fourth-order valence-corrected chi connectivity index (χ4v) is 2.06. The SMILES string of the molecule is O=CC1(CC=C(Cl)Cl)CCCCC1. The molecular formula is C10H14Cl2O. The minimum atomic E-state index is -0.173.